The van der Waals surface area contributed by atoms with Gasteiger partial charge in [-0.15, -0.1) is 23.1 Å². The molecule has 0 amide bonds. The third-order valence-corrected chi connectivity index (χ3v) is 7.23. The number of rotatable bonds is 4. The Kier molecular flexibility index (Phi) is 3.35. The average Bonchev–Trinajstić information content (AvgIpc) is 3.19. The first-order valence-corrected chi connectivity index (χ1v) is 9.34. The Labute approximate surface area is 133 Å². The maximum atomic E-state index is 3.65. The van der Waals surface area contributed by atoms with Gasteiger partial charge in [-0.3, -0.25) is 0 Å². The molecule has 0 aliphatic carbocycles. The maximum Gasteiger partial charge on any atom is 0.0604 e. The zero-order chi connectivity index (χ0) is 14.3. The van der Waals surface area contributed by atoms with Crippen LogP contribution >= 0.6 is 23.1 Å². The van der Waals surface area contributed by atoms with E-state index >= 15 is 0 Å². The standard InChI is InChI=1S/C18H19NS2/c1-2-3-10-18(16-9-6-11-20-16)12-15-17(21-18)13-7-4-5-8-14(13)19-15/h4-9,11,19H,2-3,10,12H2,1H3. The Morgan fingerprint density at radius 3 is 2.90 bits per heavy atom. The molecule has 1 aromatic carbocycles. The molecule has 1 aliphatic rings. The molecule has 0 bridgehead atoms. The number of benzene rings is 1. The van der Waals surface area contributed by atoms with Gasteiger partial charge in [-0.05, 0) is 23.9 Å². The van der Waals surface area contributed by atoms with Crippen LogP contribution in [0.2, 0.25) is 0 Å². The van der Waals surface area contributed by atoms with Crippen LogP contribution in [0, 0.1) is 0 Å². The summed E-state index contributed by atoms with van der Waals surface area (Å²) in [6.07, 6.45) is 4.98. The van der Waals surface area contributed by atoms with E-state index in [1.54, 1.807) is 0 Å². The Morgan fingerprint density at radius 2 is 2.10 bits per heavy atom. The fourth-order valence-electron chi connectivity index (χ4n) is 3.33. The molecule has 3 aromatic rings. The molecule has 1 nitrogen and oxygen atoms in total. The summed E-state index contributed by atoms with van der Waals surface area (Å²) in [6.45, 7) is 2.29. The number of aromatic amines is 1. The smallest absolute Gasteiger partial charge is 0.0604 e. The summed E-state index contributed by atoms with van der Waals surface area (Å²) in [7, 11) is 0. The number of thioether (sulfide) groups is 1. The zero-order valence-electron chi connectivity index (χ0n) is 12.2. The van der Waals surface area contributed by atoms with Gasteiger partial charge in [0.15, 0.2) is 0 Å². The minimum atomic E-state index is 0.259. The maximum absolute atomic E-state index is 3.65. The Hall–Kier alpha value is -1.19. The van der Waals surface area contributed by atoms with Crippen molar-refractivity contribution in [2.75, 3.05) is 0 Å². The Balaban J connectivity index is 1.77. The molecule has 3 heteroatoms. The molecular weight excluding hydrogens is 294 g/mol. The van der Waals surface area contributed by atoms with E-state index in [1.165, 1.54) is 45.6 Å². The topological polar surface area (TPSA) is 15.8 Å². The monoisotopic (exact) mass is 313 g/mol. The number of fused-ring (bicyclic) bond motifs is 3. The average molecular weight is 313 g/mol. The van der Waals surface area contributed by atoms with Crippen molar-refractivity contribution in [1.82, 2.24) is 4.98 Å². The van der Waals surface area contributed by atoms with E-state index in [2.05, 4.69) is 65.4 Å². The number of nitrogens with one attached hydrogen (secondary N) is 1. The SMILES string of the molecule is CCCCC1(c2cccs2)Cc2[nH]c3ccccc3c2S1. The second-order valence-electron chi connectivity index (χ2n) is 5.83. The highest BCUT2D eigenvalue weighted by Gasteiger charge is 2.41. The number of H-pyrrole nitrogens is 1. The van der Waals surface area contributed by atoms with Crippen molar-refractivity contribution in [3.8, 4) is 0 Å². The van der Waals surface area contributed by atoms with Crippen LogP contribution in [-0.4, -0.2) is 4.98 Å². The number of unbranched alkanes of at least 4 members (excludes halogenated alkanes) is 1. The lowest BCUT2D eigenvalue weighted by molar-refractivity contribution is 0.545. The Bertz CT molecular complexity index is 757. The summed E-state index contributed by atoms with van der Waals surface area (Å²) in [5.41, 5.74) is 2.72. The highest BCUT2D eigenvalue weighted by atomic mass is 32.2. The van der Waals surface area contributed by atoms with Gasteiger partial charge in [0.2, 0.25) is 0 Å². The van der Waals surface area contributed by atoms with Gasteiger partial charge < -0.3 is 4.98 Å². The minimum Gasteiger partial charge on any atom is -0.357 e. The quantitative estimate of drug-likeness (QED) is 0.628. The lowest BCUT2D eigenvalue weighted by atomic mass is 9.94. The van der Waals surface area contributed by atoms with Gasteiger partial charge in [0.05, 0.1) is 4.75 Å². The van der Waals surface area contributed by atoms with Crippen molar-refractivity contribution in [1.29, 1.82) is 0 Å². The Morgan fingerprint density at radius 1 is 1.19 bits per heavy atom. The number of thiophene rings is 1. The van der Waals surface area contributed by atoms with Gasteiger partial charge in [-0.25, -0.2) is 0 Å². The fourth-order valence-corrected chi connectivity index (χ4v) is 6.01. The highest BCUT2D eigenvalue weighted by Crippen LogP contribution is 2.57. The minimum absolute atomic E-state index is 0.259. The van der Waals surface area contributed by atoms with Crippen LogP contribution in [0.3, 0.4) is 0 Å². The summed E-state index contributed by atoms with van der Waals surface area (Å²) in [6, 6.07) is 13.2. The number of hydrogen-bond donors (Lipinski definition) is 1. The molecule has 0 fully saturated rings. The molecular formula is C18H19NS2. The predicted molar refractivity (Wildman–Crippen MR) is 93.4 cm³/mol. The van der Waals surface area contributed by atoms with Crippen LogP contribution in [0.1, 0.15) is 36.8 Å². The van der Waals surface area contributed by atoms with E-state index in [1.807, 2.05) is 11.3 Å². The van der Waals surface area contributed by atoms with E-state index in [-0.39, 0.29) is 4.75 Å². The second kappa shape index (κ2) is 5.22. The molecule has 1 unspecified atom stereocenters. The van der Waals surface area contributed by atoms with Crippen LogP contribution in [0.25, 0.3) is 10.9 Å². The molecule has 0 saturated carbocycles. The zero-order valence-corrected chi connectivity index (χ0v) is 13.8. The molecule has 2 aromatic heterocycles. The first-order chi connectivity index (χ1) is 10.3. The van der Waals surface area contributed by atoms with E-state index in [4.69, 9.17) is 0 Å². The van der Waals surface area contributed by atoms with Crippen LogP contribution in [0.15, 0.2) is 46.7 Å². The molecule has 0 saturated heterocycles. The van der Waals surface area contributed by atoms with Crippen molar-refractivity contribution in [2.24, 2.45) is 0 Å². The lowest BCUT2D eigenvalue weighted by Crippen LogP contribution is -2.20. The summed E-state index contributed by atoms with van der Waals surface area (Å²) in [5, 5.41) is 3.61. The van der Waals surface area contributed by atoms with Crippen molar-refractivity contribution in [3.05, 3.63) is 52.3 Å². The normalized spacial score (nSPS) is 21.0. The third kappa shape index (κ3) is 2.14. The van der Waals surface area contributed by atoms with E-state index in [9.17, 15) is 0 Å². The molecule has 0 radical (unpaired) electrons. The van der Waals surface area contributed by atoms with Gasteiger partial charge in [-0.2, -0.15) is 0 Å². The van der Waals surface area contributed by atoms with E-state index in [0.717, 1.165) is 6.42 Å². The van der Waals surface area contributed by atoms with Gasteiger partial charge in [0, 0.05) is 32.8 Å². The third-order valence-electron chi connectivity index (χ3n) is 4.40. The molecule has 21 heavy (non-hydrogen) atoms. The summed E-state index contributed by atoms with van der Waals surface area (Å²) in [4.78, 5) is 6.67. The number of hydrogen-bond acceptors (Lipinski definition) is 2. The van der Waals surface area contributed by atoms with Crippen LogP contribution in [0.4, 0.5) is 0 Å². The van der Waals surface area contributed by atoms with E-state index in [0.29, 0.717) is 0 Å². The number of aromatic nitrogens is 1. The second-order valence-corrected chi connectivity index (χ2v) is 8.17. The molecule has 1 N–H and O–H groups in total. The van der Waals surface area contributed by atoms with Crippen molar-refractivity contribution in [2.45, 2.75) is 42.2 Å². The molecule has 1 aliphatic heterocycles. The van der Waals surface area contributed by atoms with Gasteiger partial charge in [-0.1, -0.05) is 44.0 Å². The predicted octanol–water partition coefficient (Wildman–Crippen LogP) is 5.96. The van der Waals surface area contributed by atoms with Crippen LogP contribution < -0.4 is 0 Å². The summed E-state index contributed by atoms with van der Waals surface area (Å²) in [5.74, 6) is 0. The van der Waals surface area contributed by atoms with Gasteiger partial charge in [0.25, 0.3) is 0 Å². The number of para-hydroxylation sites is 1. The summed E-state index contributed by atoms with van der Waals surface area (Å²) < 4.78 is 0.259. The molecule has 3 heterocycles. The molecule has 4 rings (SSSR count). The first-order valence-electron chi connectivity index (χ1n) is 7.65. The van der Waals surface area contributed by atoms with Crippen molar-refractivity contribution < 1.29 is 0 Å². The first kappa shape index (κ1) is 13.5. The molecule has 0 spiro atoms. The molecule has 108 valence electrons. The lowest BCUT2D eigenvalue weighted by Gasteiger charge is -2.27. The van der Waals surface area contributed by atoms with Crippen molar-refractivity contribution >= 4 is 34.0 Å². The molecule has 1 atom stereocenters. The van der Waals surface area contributed by atoms with Crippen LogP contribution in [0.5, 0.6) is 0 Å². The highest BCUT2D eigenvalue weighted by molar-refractivity contribution is 8.01. The largest absolute Gasteiger partial charge is 0.357 e. The fraction of sp³-hybridized carbons (Fsp3) is 0.333. The van der Waals surface area contributed by atoms with Crippen molar-refractivity contribution in [3.63, 3.8) is 0 Å². The van der Waals surface area contributed by atoms with Crippen LogP contribution in [-0.2, 0) is 11.2 Å². The summed E-state index contributed by atoms with van der Waals surface area (Å²) >= 11 is 4.01. The van der Waals surface area contributed by atoms with E-state index < -0.39 is 0 Å². The van der Waals surface area contributed by atoms with Gasteiger partial charge >= 0.3 is 0 Å². The van der Waals surface area contributed by atoms with Gasteiger partial charge in [0.1, 0.15) is 0 Å².